The third-order valence-corrected chi connectivity index (χ3v) is 25.4. The maximum atomic E-state index is 13.1. The van der Waals surface area contributed by atoms with Gasteiger partial charge in [-0.1, -0.05) is 409 Å². The summed E-state index contributed by atoms with van der Waals surface area (Å²) in [7, 11) is -7.26. The number of hydrogen-bond donors (Lipinski definition) is 4. The second-order valence-corrected chi connectivity index (χ2v) is 38.0. The Hall–Kier alpha value is -2.34. The average Bonchev–Trinajstić information content (AvgIpc) is 0.902. The standard InChI is InChI=1S/C90H174N2O20P2S2/c1-5-9-13-17-21-25-29-33-37-41-45-49-53-57-61-65-87(97)105-77-83(111-89(99)67-63-59-55-51-47-43-39-35-31-27-23-19-15-11-7-3)79-109-113(101,102)107-75-81(73-93)91-85(95)69-71-115-116-72-70-86(96)92-82(74-94)76-108-114(103,104)110-80-84(112-90(100)68-64-60-56-52-48-44-40-36-32-28-24-20-16-12-8-4)78-106-88(98)66-62-58-54-50-46-42-38-34-30-26-22-18-14-10-6-2/h81-84,93-94H,5-80H2,1-4H3,(H,91,95)(H,92,96)(H,101,102)(H,103,104)/p-2/t81?,82?,83-,84-/m1/s1. The lowest BCUT2D eigenvalue weighted by molar-refractivity contribution is -0.219. The number of phosphoric ester groups is 2. The molecule has 6 atom stereocenters. The van der Waals surface area contributed by atoms with Crippen molar-refractivity contribution in [3.05, 3.63) is 0 Å². The van der Waals surface area contributed by atoms with Crippen LogP contribution < -0.4 is 10.2 Å². The largest absolute Gasteiger partial charge is 0.862 e. The van der Waals surface area contributed by atoms with E-state index in [0.29, 0.717) is 25.7 Å². The zero-order valence-electron chi connectivity index (χ0n) is 74.0. The fourth-order valence-corrected chi connectivity index (χ4v) is 17.3. The number of ether oxygens (including phenoxy) is 4. The maximum absolute atomic E-state index is 13.1. The molecule has 0 aromatic carbocycles. The minimum atomic E-state index is -4.88. The van der Waals surface area contributed by atoms with E-state index in [1.165, 1.54) is 291 Å². The highest BCUT2D eigenvalue weighted by Gasteiger charge is 2.30. The van der Waals surface area contributed by atoms with Gasteiger partial charge in [0.1, 0.15) is 13.2 Å². The first-order valence-corrected chi connectivity index (χ1v) is 52.8. The van der Waals surface area contributed by atoms with Gasteiger partial charge in [-0.05, 0) is 50.3 Å². The van der Waals surface area contributed by atoms with Crippen LogP contribution in [0, 0.1) is 0 Å². The molecule has 116 heavy (non-hydrogen) atoms. The van der Waals surface area contributed by atoms with Crippen LogP contribution in [0.3, 0.4) is 0 Å². The summed E-state index contributed by atoms with van der Waals surface area (Å²) in [5.74, 6) is -2.85. The van der Waals surface area contributed by atoms with Gasteiger partial charge in [0, 0.05) is 37.2 Å². The lowest BCUT2D eigenvalue weighted by Crippen LogP contribution is -2.30. The second-order valence-electron chi connectivity index (χ2n) is 32.4. The SMILES string of the molecule is CCCCCCCCCCCCCCCCCC(=O)OC[C@H](COP(=O)(O)OCC(CO)N=C([O-])CCSSCCC([O-])=NC(CO)COP(=O)(O)OC[C@@H](COC(=O)CCCCCCCCCCCCCCCCC)OC(=O)CCCCCCCCCCCCCCCCC)OC(=O)CCCCCCCCCCCCCCCCC. The summed E-state index contributed by atoms with van der Waals surface area (Å²) in [4.78, 5) is 81.0. The predicted molar refractivity (Wildman–Crippen MR) is 474 cm³/mol. The predicted octanol–water partition coefficient (Wildman–Crippen LogP) is 23.6. The van der Waals surface area contributed by atoms with E-state index >= 15 is 0 Å². The fraction of sp³-hybridized carbons (Fsp3) is 0.933. The average molecular weight is 1730 g/mol. The monoisotopic (exact) mass is 1730 g/mol. The summed E-state index contributed by atoms with van der Waals surface area (Å²) >= 11 is 0. The Balaban J connectivity index is 5.23. The van der Waals surface area contributed by atoms with E-state index < -0.39 is 128 Å². The van der Waals surface area contributed by atoms with Crippen LogP contribution in [0.1, 0.15) is 451 Å². The molecule has 4 unspecified atom stereocenters. The third-order valence-electron chi connectivity index (χ3n) is 21.1. The van der Waals surface area contributed by atoms with Crippen LogP contribution in [0.25, 0.3) is 0 Å². The molecular weight excluding hydrogens is 1560 g/mol. The Morgan fingerprint density at radius 2 is 0.474 bits per heavy atom. The van der Waals surface area contributed by atoms with Crippen LogP contribution in [0.5, 0.6) is 0 Å². The van der Waals surface area contributed by atoms with Gasteiger partial charge < -0.3 is 49.2 Å². The van der Waals surface area contributed by atoms with Gasteiger partial charge in [0.05, 0.1) is 51.7 Å². The highest BCUT2D eigenvalue weighted by molar-refractivity contribution is 8.76. The van der Waals surface area contributed by atoms with E-state index in [1.54, 1.807) is 0 Å². The molecule has 0 saturated heterocycles. The fourth-order valence-electron chi connectivity index (χ4n) is 13.8. The highest BCUT2D eigenvalue weighted by Crippen LogP contribution is 2.45. The molecule has 0 saturated carbocycles. The molecule has 686 valence electrons. The number of aliphatic imine (C=N–C) groups is 2. The molecule has 0 aliphatic rings. The number of carbonyl (C=O) groups is 4. The number of aliphatic hydroxyl groups excluding tert-OH is 2. The van der Waals surface area contributed by atoms with Crippen molar-refractivity contribution >= 4 is 72.9 Å². The van der Waals surface area contributed by atoms with Gasteiger partial charge >= 0.3 is 39.5 Å². The molecule has 0 aromatic rings. The van der Waals surface area contributed by atoms with Crippen LogP contribution in [0.4, 0.5) is 0 Å². The van der Waals surface area contributed by atoms with Gasteiger partial charge in [0.25, 0.3) is 0 Å². The summed E-state index contributed by atoms with van der Waals surface area (Å²) in [5.41, 5.74) is 0. The van der Waals surface area contributed by atoms with Crippen molar-refractivity contribution in [3.63, 3.8) is 0 Å². The maximum Gasteiger partial charge on any atom is 0.472 e. The van der Waals surface area contributed by atoms with Crippen LogP contribution in [0.2, 0.25) is 0 Å². The summed E-state index contributed by atoms with van der Waals surface area (Å²) in [6, 6.07) is -2.45. The molecule has 0 heterocycles. The summed E-state index contributed by atoms with van der Waals surface area (Å²) in [6.07, 6.45) is 69.1. The molecular formula is C90H172N2O20P2S2-2. The van der Waals surface area contributed by atoms with Crippen molar-refractivity contribution in [2.45, 2.75) is 476 Å². The Labute approximate surface area is 714 Å². The first kappa shape index (κ1) is 114. The summed E-state index contributed by atoms with van der Waals surface area (Å²) < 4.78 is 69.2. The zero-order chi connectivity index (χ0) is 85.0. The van der Waals surface area contributed by atoms with E-state index in [-0.39, 0.29) is 50.0 Å². The first-order chi connectivity index (χ1) is 56.4. The molecule has 0 rings (SSSR count). The molecule has 0 amide bonds. The Bertz CT molecular complexity index is 2230. The van der Waals surface area contributed by atoms with Crippen molar-refractivity contribution < 1.29 is 95.6 Å². The topological polar surface area (TPSA) is 328 Å². The van der Waals surface area contributed by atoms with Gasteiger partial charge in [-0.2, -0.15) is 0 Å². The van der Waals surface area contributed by atoms with Gasteiger partial charge in [0.15, 0.2) is 12.2 Å². The van der Waals surface area contributed by atoms with Crippen molar-refractivity contribution in [1.29, 1.82) is 0 Å². The molecule has 0 radical (unpaired) electrons. The van der Waals surface area contributed by atoms with E-state index in [4.69, 9.17) is 37.0 Å². The van der Waals surface area contributed by atoms with Crippen LogP contribution in [-0.2, 0) is 65.4 Å². The van der Waals surface area contributed by atoms with E-state index in [9.17, 15) is 58.5 Å². The van der Waals surface area contributed by atoms with Crippen molar-refractivity contribution in [3.8, 4) is 0 Å². The van der Waals surface area contributed by atoms with Gasteiger partial charge in [-0.25, -0.2) is 9.13 Å². The van der Waals surface area contributed by atoms with Gasteiger partial charge in [-0.3, -0.25) is 47.3 Å². The molecule has 26 heteroatoms. The van der Waals surface area contributed by atoms with Gasteiger partial charge in [0.2, 0.25) is 0 Å². The molecule has 0 aromatic heterocycles. The number of aliphatic hydroxyl groups is 2. The molecule has 22 nitrogen and oxygen atoms in total. The molecule has 4 N–H and O–H groups in total. The van der Waals surface area contributed by atoms with Crippen molar-refractivity contribution in [2.24, 2.45) is 9.98 Å². The number of carbonyl (C=O) groups excluding carboxylic acids is 4. The highest BCUT2D eigenvalue weighted by atomic mass is 33.1. The molecule has 0 spiro atoms. The zero-order valence-corrected chi connectivity index (χ0v) is 77.4. The number of nitrogens with zero attached hydrogens (tertiary/aromatic N) is 2. The number of unbranched alkanes of at least 4 members (excludes halogenated alkanes) is 56. The van der Waals surface area contributed by atoms with Crippen LogP contribution >= 0.6 is 37.2 Å². The number of esters is 4. The quantitative estimate of drug-likeness (QED) is 0.00836. The summed E-state index contributed by atoms with van der Waals surface area (Å²) in [6.45, 7) is 4.17. The van der Waals surface area contributed by atoms with E-state index in [2.05, 4.69) is 37.7 Å². The smallest absolute Gasteiger partial charge is 0.472 e. The third kappa shape index (κ3) is 82.6. The van der Waals surface area contributed by atoms with Crippen molar-refractivity contribution in [2.75, 3.05) is 64.4 Å². The molecule has 0 fully saturated rings. The molecule has 0 aliphatic carbocycles. The Morgan fingerprint density at radius 3 is 0.681 bits per heavy atom. The lowest BCUT2D eigenvalue weighted by atomic mass is 10.0. The van der Waals surface area contributed by atoms with Crippen molar-refractivity contribution in [1.82, 2.24) is 0 Å². The lowest BCUT2D eigenvalue weighted by Gasteiger charge is -2.21. The Kier molecular flexibility index (Phi) is 84.5. The normalized spacial score (nSPS) is 14.1. The molecule has 0 aliphatic heterocycles. The van der Waals surface area contributed by atoms with Gasteiger partial charge in [-0.15, -0.1) is 0 Å². The second kappa shape index (κ2) is 86.2. The van der Waals surface area contributed by atoms with E-state index in [1.807, 2.05) is 0 Å². The number of phosphoric acid groups is 2. The first-order valence-electron chi connectivity index (χ1n) is 47.3. The molecule has 0 bridgehead atoms. The van der Waals surface area contributed by atoms with Crippen LogP contribution in [0.15, 0.2) is 9.98 Å². The minimum absolute atomic E-state index is 0.0922. The number of hydrogen-bond acceptors (Lipinski definition) is 22. The summed E-state index contributed by atoms with van der Waals surface area (Å²) in [5, 5.41) is 45.7. The minimum Gasteiger partial charge on any atom is -0.862 e. The van der Waals surface area contributed by atoms with Crippen LogP contribution in [-0.4, -0.2) is 144 Å². The Morgan fingerprint density at radius 1 is 0.284 bits per heavy atom. The number of rotatable bonds is 93. The van der Waals surface area contributed by atoms with E-state index in [0.717, 1.165) is 89.9 Å².